The number of nitrogens with one attached hydrogen (secondary N) is 1. The van der Waals surface area contributed by atoms with E-state index in [0.29, 0.717) is 12.1 Å². The lowest BCUT2D eigenvalue weighted by atomic mass is 9.80. The molecule has 0 fully saturated rings. The maximum Gasteiger partial charge on any atom is 0.416 e. The summed E-state index contributed by atoms with van der Waals surface area (Å²) in [6.07, 6.45) is -8.92. The third kappa shape index (κ3) is 7.00. The highest BCUT2D eigenvalue weighted by molar-refractivity contribution is 6.31. The number of carbonyl (C=O) groups is 2. The molecule has 2 heterocycles. The first-order valence-corrected chi connectivity index (χ1v) is 12.6. The van der Waals surface area contributed by atoms with Crippen LogP contribution in [0.5, 0.6) is 0 Å². The van der Waals surface area contributed by atoms with E-state index in [4.69, 9.17) is 16.3 Å². The number of nitrogens with zero attached hydrogens (tertiary/aromatic N) is 3. The third-order valence-corrected chi connectivity index (χ3v) is 6.80. The molecular weight excluding hydrogens is 610 g/mol. The summed E-state index contributed by atoms with van der Waals surface area (Å²) in [7, 11) is 0. The minimum absolute atomic E-state index is 0.00768. The van der Waals surface area contributed by atoms with Crippen LogP contribution in [0.25, 0.3) is 11.3 Å². The number of dihydropyridines is 1. The van der Waals surface area contributed by atoms with Crippen LogP contribution in [0.15, 0.2) is 71.2 Å². The number of aliphatic carboxylic acids is 2. The molecule has 3 N–H and O–H groups in total. The smallest absolute Gasteiger partial charge is 0.416 e. The van der Waals surface area contributed by atoms with Crippen molar-refractivity contribution >= 4 is 23.5 Å². The Morgan fingerprint density at radius 2 is 1.60 bits per heavy atom. The number of hydrogen-bond acceptors (Lipinski definition) is 6. The molecule has 0 aliphatic carbocycles. The fourth-order valence-corrected chi connectivity index (χ4v) is 4.79. The second-order valence-electron chi connectivity index (χ2n) is 9.33. The average molecular weight is 631 g/mol. The Kier molecular flexibility index (Phi) is 8.87. The summed E-state index contributed by atoms with van der Waals surface area (Å²) in [5, 5.41) is 30.2. The van der Waals surface area contributed by atoms with Gasteiger partial charge >= 0.3 is 24.3 Å². The predicted molar refractivity (Wildman–Crippen MR) is 139 cm³/mol. The summed E-state index contributed by atoms with van der Waals surface area (Å²) < 4.78 is 86.0. The summed E-state index contributed by atoms with van der Waals surface area (Å²) in [6.45, 7) is 0.942. The van der Waals surface area contributed by atoms with Gasteiger partial charge in [-0.1, -0.05) is 35.0 Å². The molecule has 0 radical (unpaired) electrons. The number of carboxylic acid groups (broad SMARTS) is 2. The molecular formula is C27H21ClF6N4O5. The number of rotatable bonds is 9. The lowest BCUT2D eigenvalue weighted by molar-refractivity contribution is -0.143. The zero-order valence-corrected chi connectivity index (χ0v) is 22.7. The van der Waals surface area contributed by atoms with E-state index in [0.717, 1.165) is 10.9 Å². The summed E-state index contributed by atoms with van der Waals surface area (Å²) >= 11 is 6.29. The van der Waals surface area contributed by atoms with Gasteiger partial charge in [-0.15, -0.1) is 5.10 Å². The van der Waals surface area contributed by atoms with Gasteiger partial charge in [0.15, 0.2) is 0 Å². The Morgan fingerprint density at radius 3 is 2.16 bits per heavy atom. The van der Waals surface area contributed by atoms with Crippen molar-refractivity contribution in [3.05, 3.63) is 92.9 Å². The zero-order chi connectivity index (χ0) is 31.7. The molecule has 1 aliphatic heterocycles. The van der Waals surface area contributed by atoms with Crippen LogP contribution in [0.3, 0.4) is 0 Å². The van der Waals surface area contributed by atoms with E-state index in [9.17, 15) is 46.1 Å². The second kappa shape index (κ2) is 12.1. The number of carboxylic acids is 2. The Balaban J connectivity index is 1.53. The van der Waals surface area contributed by atoms with E-state index in [1.165, 1.54) is 19.1 Å². The number of ether oxygens (including phenoxy) is 1. The van der Waals surface area contributed by atoms with Crippen molar-refractivity contribution < 1.29 is 50.9 Å². The van der Waals surface area contributed by atoms with E-state index in [1.807, 2.05) is 0 Å². The van der Waals surface area contributed by atoms with E-state index >= 15 is 0 Å². The molecule has 228 valence electrons. The Hall–Kier alpha value is -4.37. The van der Waals surface area contributed by atoms with Gasteiger partial charge in [0.1, 0.15) is 5.69 Å². The third-order valence-electron chi connectivity index (χ3n) is 6.46. The number of hydrogen-bond donors (Lipinski definition) is 3. The van der Waals surface area contributed by atoms with Gasteiger partial charge in [-0.2, -0.15) is 26.3 Å². The minimum atomic E-state index is -5.03. The SMILES string of the molecule is CC1=C(C(=O)O)C(c2ccccc2Cl)C(C(=O)O)=C(COCCn2cc(-c3cc(C(F)(F)F)cc(C(F)(F)F)c3)nn2)N1. The number of alkyl halides is 6. The van der Waals surface area contributed by atoms with E-state index in [-0.39, 0.29) is 64.6 Å². The highest BCUT2D eigenvalue weighted by atomic mass is 35.5. The van der Waals surface area contributed by atoms with Crippen LogP contribution in [0.2, 0.25) is 5.02 Å². The van der Waals surface area contributed by atoms with Gasteiger partial charge in [-0.25, -0.2) is 14.3 Å². The number of aromatic nitrogens is 3. The standard InChI is InChI=1S/C27H21ClF6N4O5/c1-13-21(24(39)40)22(17-4-2-3-5-18(17)28)23(25(41)42)20(35-13)12-43-7-6-38-11-19(36-37-38)14-8-15(26(29,30)31)10-16(9-14)27(32,33)34/h2-5,8-11,22,35H,6-7,12H2,1H3,(H,39,40)(H,41,42). The van der Waals surface area contributed by atoms with Gasteiger partial charge in [-0.3, -0.25) is 0 Å². The fraction of sp³-hybridized carbons (Fsp3) is 0.259. The summed E-state index contributed by atoms with van der Waals surface area (Å²) in [6, 6.07) is 7.28. The van der Waals surface area contributed by atoms with Crippen LogP contribution in [-0.2, 0) is 33.2 Å². The Bertz CT molecular complexity index is 1600. The van der Waals surface area contributed by atoms with Gasteiger partial charge in [0, 0.05) is 16.3 Å². The normalized spacial score (nSPS) is 16.0. The van der Waals surface area contributed by atoms with Crippen LogP contribution in [0.1, 0.15) is 29.5 Å². The molecule has 1 unspecified atom stereocenters. The highest BCUT2D eigenvalue weighted by Gasteiger charge is 2.39. The maximum absolute atomic E-state index is 13.2. The molecule has 1 aliphatic rings. The molecule has 0 spiro atoms. The zero-order valence-electron chi connectivity index (χ0n) is 21.9. The monoisotopic (exact) mass is 630 g/mol. The molecule has 2 aromatic carbocycles. The van der Waals surface area contributed by atoms with E-state index in [1.54, 1.807) is 12.1 Å². The second-order valence-corrected chi connectivity index (χ2v) is 9.74. The van der Waals surface area contributed by atoms with Crippen molar-refractivity contribution in [3.63, 3.8) is 0 Å². The number of allylic oxidation sites excluding steroid dienone is 1. The van der Waals surface area contributed by atoms with Crippen LogP contribution < -0.4 is 5.32 Å². The number of halogens is 7. The van der Waals surface area contributed by atoms with Gasteiger partial charge < -0.3 is 20.3 Å². The molecule has 9 nitrogen and oxygen atoms in total. The fourth-order valence-electron chi connectivity index (χ4n) is 4.54. The molecule has 16 heteroatoms. The molecule has 0 bridgehead atoms. The molecule has 0 amide bonds. The Morgan fingerprint density at radius 1 is 1.00 bits per heavy atom. The molecule has 43 heavy (non-hydrogen) atoms. The van der Waals surface area contributed by atoms with E-state index < -0.39 is 46.9 Å². The molecule has 4 rings (SSSR count). The first kappa shape index (κ1) is 31.6. The van der Waals surface area contributed by atoms with Gasteiger partial charge in [0.25, 0.3) is 0 Å². The van der Waals surface area contributed by atoms with Crippen molar-refractivity contribution in [1.82, 2.24) is 20.3 Å². The lowest BCUT2D eigenvalue weighted by Crippen LogP contribution is -2.34. The minimum Gasteiger partial charge on any atom is -0.478 e. The first-order valence-electron chi connectivity index (χ1n) is 12.3. The highest BCUT2D eigenvalue weighted by Crippen LogP contribution is 2.41. The quantitative estimate of drug-likeness (QED) is 0.202. The summed E-state index contributed by atoms with van der Waals surface area (Å²) in [5.41, 5.74) is -3.71. The molecule has 0 saturated heterocycles. The largest absolute Gasteiger partial charge is 0.478 e. The van der Waals surface area contributed by atoms with Crippen molar-refractivity contribution in [2.45, 2.75) is 31.7 Å². The molecule has 3 aromatic rings. The molecule has 1 atom stereocenters. The Labute approximate surface area is 244 Å². The van der Waals surface area contributed by atoms with Crippen LogP contribution >= 0.6 is 11.6 Å². The lowest BCUT2D eigenvalue weighted by Gasteiger charge is -2.30. The van der Waals surface area contributed by atoms with Crippen LogP contribution in [-0.4, -0.2) is 50.4 Å². The van der Waals surface area contributed by atoms with Gasteiger partial charge in [-0.05, 0) is 36.8 Å². The predicted octanol–water partition coefficient (Wildman–Crippen LogP) is 5.74. The van der Waals surface area contributed by atoms with Crippen molar-refractivity contribution in [1.29, 1.82) is 0 Å². The topological polar surface area (TPSA) is 127 Å². The summed E-state index contributed by atoms with van der Waals surface area (Å²) in [4.78, 5) is 24.4. The van der Waals surface area contributed by atoms with Crippen LogP contribution in [0, 0.1) is 0 Å². The van der Waals surface area contributed by atoms with Gasteiger partial charge in [0.2, 0.25) is 0 Å². The molecule has 1 aromatic heterocycles. The van der Waals surface area contributed by atoms with E-state index in [2.05, 4.69) is 15.6 Å². The van der Waals surface area contributed by atoms with Crippen LogP contribution in [0.4, 0.5) is 26.3 Å². The van der Waals surface area contributed by atoms with Gasteiger partial charge in [0.05, 0.1) is 59.8 Å². The van der Waals surface area contributed by atoms with Crippen molar-refractivity contribution in [2.24, 2.45) is 0 Å². The number of benzene rings is 2. The summed E-state index contributed by atoms with van der Waals surface area (Å²) in [5.74, 6) is -3.99. The van der Waals surface area contributed by atoms with Crippen molar-refractivity contribution in [2.75, 3.05) is 13.2 Å². The maximum atomic E-state index is 13.2. The van der Waals surface area contributed by atoms with Crippen molar-refractivity contribution in [3.8, 4) is 11.3 Å². The first-order chi connectivity index (χ1) is 20.1. The molecule has 0 saturated carbocycles. The average Bonchev–Trinajstić information content (AvgIpc) is 3.38.